The summed E-state index contributed by atoms with van der Waals surface area (Å²) in [7, 11) is 0. The molecule has 178 valence electrons. The molecule has 0 aliphatic rings. The number of rotatable bonds is 9. The number of carbonyl (C=O) groups excluding carboxylic acids is 1. The van der Waals surface area contributed by atoms with Gasteiger partial charge in [-0.2, -0.15) is 10.2 Å². The number of nitrogens with one attached hydrogen (secondary N) is 3. The first kappa shape index (κ1) is 27.3. The van der Waals surface area contributed by atoms with E-state index < -0.39 is 9.96 Å². The van der Waals surface area contributed by atoms with Gasteiger partial charge >= 0.3 is 0 Å². The van der Waals surface area contributed by atoms with Crippen LogP contribution in [0.5, 0.6) is 0 Å². The highest BCUT2D eigenvalue weighted by Crippen LogP contribution is 2.30. The summed E-state index contributed by atoms with van der Waals surface area (Å²) in [4.78, 5) is 12.2. The summed E-state index contributed by atoms with van der Waals surface area (Å²) in [5.74, 6) is -0.213. The van der Waals surface area contributed by atoms with Crippen molar-refractivity contribution < 1.29 is 4.79 Å². The van der Waals surface area contributed by atoms with Gasteiger partial charge in [0.25, 0.3) is 0 Å². The van der Waals surface area contributed by atoms with Gasteiger partial charge in [-0.05, 0) is 67.9 Å². The molecule has 10 heteroatoms. The number of unbranched alkanes of at least 4 members (excludes halogenated alkanes) is 2. The molecule has 2 aromatic rings. The van der Waals surface area contributed by atoms with Crippen molar-refractivity contribution in [1.29, 1.82) is 0 Å². The van der Waals surface area contributed by atoms with E-state index in [9.17, 15) is 4.79 Å². The van der Waals surface area contributed by atoms with E-state index >= 15 is 0 Å². The molecule has 0 unspecified atom stereocenters. The Morgan fingerprint density at radius 1 is 1.03 bits per heavy atom. The SMILES string of the molecule is CCCCCC(=O)N[C@@H](NC(=S)Nc1ccc(N=Nc2ccccc2C)cc1C)C(Cl)(Cl)Cl. The second-order valence-electron chi connectivity index (χ2n) is 7.58. The minimum atomic E-state index is -1.79. The van der Waals surface area contributed by atoms with Crippen LogP contribution in [0.4, 0.5) is 17.1 Å². The van der Waals surface area contributed by atoms with Gasteiger partial charge in [-0.15, -0.1) is 0 Å². The quantitative estimate of drug-likeness (QED) is 0.104. The summed E-state index contributed by atoms with van der Waals surface area (Å²) in [6, 6.07) is 13.3. The van der Waals surface area contributed by atoms with Crippen molar-refractivity contribution in [2.45, 2.75) is 56.4 Å². The molecule has 2 aromatic carbocycles. The van der Waals surface area contributed by atoms with Crippen LogP contribution < -0.4 is 16.0 Å². The molecule has 6 nitrogen and oxygen atoms in total. The minimum absolute atomic E-state index is 0.206. The van der Waals surface area contributed by atoms with E-state index in [1.807, 2.05) is 56.3 Å². The number of thiocarbonyl (C=S) groups is 1. The molecule has 0 saturated heterocycles. The Labute approximate surface area is 215 Å². The molecule has 0 aliphatic heterocycles. The molecule has 0 aliphatic carbocycles. The third kappa shape index (κ3) is 9.45. The van der Waals surface area contributed by atoms with Crippen molar-refractivity contribution in [2.24, 2.45) is 10.2 Å². The molecule has 3 N–H and O–H groups in total. The Kier molecular flexibility index (Phi) is 10.8. The second kappa shape index (κ2) is 13.1. The van der Waals surface area contributed by atoms with E-state index in [2.05, 4.69) is 33.1 Å². The molecule has 2 rings (SSSR count). The monoisotopic (exact) mass is 527 g/mol. The fraction of sp³-hybridized carbons (Fsp3) is 0.391. The molecule has 0 radical (unpaired) electrons. The lowest BCUT2D eigenvalue weighted by atomic mass is 10.2. The van der Waals surface area contributed by atoms with Crippen LogP contribution in [-0.4, -0.2) is 21.0 Å². The van der Waals surface area contributed by atoms with Gasteiger partial charge in [0.1, 0.15) is 6.17 Å². The van der Waals surface area contributed by atoms with Gasteiger partial charge < -0.3 is 16.0 Å². The molecular formula is C23H28Cl3N5OS. The number of benzene rings is 2. The molecular weight excluding hydrogens is 501 g/mol. The minimum Gasteiger partial charge on any atom is -0.339 e. The van der Waals surface area contributed by atoms with Crippen molar-refractivity contribution in [3.8, 4) is 0 Å². The highest BCUT2D eigenvalue weighted by atomic mass is 35.6. The zero-order valence-electron chi connectivity index (χ0n) is 18.8. The van der Waals surface area contributed by atoms with Crippen LogP contribution >= 0.6 is 47.0 Å². The molecule has 0 bridgehead atoms. The standard InChI is InChI=1S/C23H28Cl3N5OS/c1-4-5-6-11-20(32)28-21(23(24,25)26)29-22(33)27-18-13-12-17(14-16(18)3)30-31-19-10-8-7-9-15(19)2/h7-10,12-14,21H,4-6,11H2,1-3H3,(H,28,32)(H2,27,29,33)/t21-/m0/s1. The average Bonchev–Trinajstić information content (AvgIpc) is 2.74. The van der Waals surface area contributed by atoms with Crippen LogP contribution in [-0.2, 0) is 4.79 Å². The summed E-state index contributed by atoms with van der Waals surface area (Å²) >= 11 is 23.5. The molecule has 0 heterocycles. The summed E-state index contributed by atoms with van der Waals surface area (Å²) in [6.07, 6.45) is 2.10. The molecule has 0 spiro atoms. The fourth-order valence-corrected chi connectivity index (χ4v) is 3.45. The number of alkyl halides is 3. The van der Waals surface area contributed by atoms with Crippen molar-refractivity contribution in [3.63, 3.8) is 0 Å². The largest absolute Gasteiger partial charge is 0.339 e. The Morgan fingerprint density at radius 2 is 1.76 bits per heavy atom. The molecule has 0 aromatic heterocycles. The van der Waals surface area contributed by atoms with Crippen LogP contribution in [0.15, 0.2) is 52.7 Å². The smallest absolute Gasteiger partial charge is 0.228 e. The summed E-state index contributed by atoms with van der Waals surface area (Å²) in [6.45, 7) is 5.97. The van der Waals surface area contributed by atoms with Gasteiger partial charge in [-0.3, -0.25) is 4.79 Å². The van der Waals surface area contributed by atoms with Crippen molar-refractivity contribution in [3.05, 3.63) is 53.6 Å². The van der Waals surface area contributed by atoms with Gasteiger partial charge in [0.2, 0.25) is 9.70 Å². The van der Waals surface area contributed by atoms with E-state index in [-0.39, 0.29) is 11.0 Å². The molecule has 33 heavy (non-hydrogen) atoms. The van der Waals surface area contributed by atoms with E-state index in [1.54, 1.807) is 0 Å². The van der Waals surface area contributed by atoms with Gasteiger partial charge in [0, 0.05) is 12.1 Å². The highest BCUT2D eigenvalue weighted by Gasteiger charge is 2.34. The summed E-state index contributed by atoms with van der Waals surface area (Å²) in [5.41, 5.74) is 4.22. The molecule has 0 saturated carbocycles. The Balaban J connectivity index is 2.01. The first-order chi connectivity index (χ1) is 15.6. The Hall–Kier alpha value is -1.93. The molecule has 0 fully saturated rings. The maximum atomic E-state index is 12.2. The number of nitrogens with zero attached hydrogens (tertiary/aromatic N) is 2. The number of hydrogen-bond acceptors (Lipinski definition) is 4. The lowest BCUT2D eigenvalue weighted by Gasteiger charge is -2.28. The number of halogens is 3. The number of carbonyl (C=O) groups is 1. The van der Waals surface area contributed by atoms with Crippen LogP contribution in [0.2, 0.25) is 0 Å². The van der Waals surface area contributed by atoms with Gasteiger partial charge in [-0.25, -0.2) is 0 Å². The lowest BCUT2D eigenvalue weighted by Crippen LogP contribution is -2.56. The van der Waals surface area contributed by atoms with Gasteiger partial charge in [0.05, 0.1) is 11.4 Å². The van der Waals surface area contributed by atoms with E-state index in [1.165, 1.54) is 0 Å². The molecule has 1 atom stereocenters. The number of aryl methyl sites for hydroxylation is 2. The zero-order valence-corrected chi connectivity index (χ0v) is 21.9. The Morgan fingerprint density at radius 3 is 2.39 bits per heavy atom. The average molecular weight is 529 g/mol. The van der Waals surface area contributed by atoms with Crippen LogP contribution in [0.3, 0.4) is 0 Å². The third-order valence-corrected chi connectivity index (χ3v) is 5.64. The number of hydrogen-bond donors (Lipinski definition) is 3. The van der Waals surface area contributed by atoms with Gasteiger partial charge in [-0.1, -0.05) is 72.8 Å². The van der Waals surface area contributed by atoms with E-state index in [4.69, 9.17) is 47.0 Å². The van der Waals surface area contributed by atoms with Crippen molar-refractivity contribution >= 4 is 75.1 Å². The predicted octanol–water partition coefficient (Wildman–Crippen LogP) is 7.40. The fourth-order valence-electron chi connectivity index (χ4n) is 2.90. The number of anilines is 1. The van der Waals surface area contributed by atoms with E-state index in [0.29, 0.717) is 12.1 Å². The lowest BCUT2D eigenvalue weighted by molar-refractivity contribution is -0.122. The zero-order chi connectivity index (χ0) is 24.4. The molecule has 1 amide bonds. The highest BCUT2D eigenvalue weighted by molar-refractivity contribution is 7.80. The van der Waals surface area contributed by atoms with Crippen LogP contribution in [0.1, 0.15) is 43.7 Å². The maximum Gasteiger partial charge on any atom is 0.228 e. The summed E-state index contributed by atoms with van der Waals surface area (Å²) in [5, 5.41) is 17.5. The van der Waals surface area contributed by atoms with Crippen LogP contribution in [0, 0.1) is 13.8 Å². The second-order valence-corrected chi connectivity index (χ2v) is 10.4. The van der Waals surface area contributed by atoms with Crippen LogP contribution in [0.25, 0.3) is 0 Å². The summed E-state index contributed by atoms with van der Waals surface area (Å²) < 4.78 is -1.79. The predicted molar refractivity (Wildman–Crippen MR) is 142 cm³/mol. The van der Waals surface area contributed by atoms with Gasteiger partial charge in [0.15, 0.2) is 5.11 Å². The topological polar surface area (TPSA) is 77.9 Å². The number of azo groups is 1. The first-order valence-corrected chi connectivity index (χ1v) is 12.2. The maximum absolute atomic E-state index is 12.2. The van der Waals surface area contributed by atoms with Crippen molar-refractivity contribution in [2.75, 3.05) is 5.32 Å². The number of amides is 1. The normalized spacial score (nSPS) is 12.4. The van der Waals surface area contributed by atoms with E-state index in [0.717, 1.165) is 41.8 Å². The third-order valence-electron chi connectivity index (χ3n) is 4.76. The first-order valence-electron chi connectivity index (χ1n) is 10.6. The van der Waals surface area contributed by atoms with Crippen molar-refractivity contribution in [1.82, 2.24) is 10.6 Å². The Bertz CT molecular complexity index is 994.